The van der Waals surface area contributed by atoms with Gasteiger partial charge in [-0.25, -0.2) is 0 Å². The molecule has 0 aromatic rings. The second-order valence-corrected chi connectivity index (χ2v) is 4.63. The van der Waals surface area contributed by atoms with Crippen LogP contribution in [0.25, 0.3) is 0 Å². The zero-order valence-electron chi connectivity index (χ0n) is 9.22. The van der Waals surface area contributed by atoms with Crippen molar-refractivity contribution in [1.29, 1.82) is 0 Å². The Balaban J connectivity index is 2.35. The molecule has 14 heavy (non-hydrogen) atoms. The van der Waals surface area contributed by atoms with Crippen LogP contribution >= 0.6 is 0 Å². The molecule has 1 saturated carbocycles. The highest BCUT2D eigenvalue weighted by atomic mass is 16.5. The third kappa shape index (κ3) is 2.45. The summed E-state index contributed by atoms with van der Waals surface area (Å²) < 4.78 is 5.21. The summed E-state index contributed by atoms with van der Waals surface area (Å²) in [5.41, 5.74) is 4.98. The van der Waals surface area contributed by atoms with Crippen LogP contribution in [-0.2, 0) is 9.53 Å². The maximum Gasteiger partial charge on any atom is 0.227 e. The molecule has 1 amide bonds. The van der Waals surface area contributed by atoms with Gasteiger partial charge < -0.3 is 15.8 Å². The zero-order chi connectivity index (χ0) is 10.8. The lowest BCUT2D eigenvalue weighted by atomic mass is 10.1. The zero-order valence-corrected chi connectivity index (χ0v) is 9.22. The lowest BCUT2D eigenvalue weighted by molar-refractivity contribution is -0.127. The van der Waals surface area contributed by atoms with Crippen molar-refractivity contribution in [2.45, 2.75) is 32.3 Å². The van der Waals surface area contributed by atoms with Crippen molar-refractivity contribution in [3.63, 3.8) is 0 Å². The Morgan fingerprint density at radius 3 is 2.50 bits per heavy atom. The lowest BCUT2D eigenvalue weighted by Crippen LogP contribution is -2.44. The summed E-state index contributed by atoms with van der Waals surface area (Å²) in [5.74, 6) is 0.0742. The summed E-state index contributed by atoms with van der Waals surface area (Å²) in [6.45, 7) is 4.86. The highest BCUT2D eigenvalue weighted by Crippen LogP contribution is 2.44. The van der Waals surface area contributed by atoms with Crippen molar-refractivity contribution in [1.82, 2.24) is 5.32 Å². The van der Waals surface area contributed by atoms with Crippen LogP contribution in [0.2, 0.25) is 0 Å². The van der Waals surface area contributed by atoms with Crippen LogP contribution < -0.4 is 11.1 Å². The Morgan fingerprint density at radius 2 is 2.14 bits per heavy atom. The number of carbonyl (C=O) groups excluding carboxylic acids is 1. The van der Waals surface area contributed by atoms with Crippen LogP contribution in [0.3, 0.4) is 0 Å². The molecule has 0 aromatic carbocycles. The van der Waals surface area contributed by atoms with E-state index in [1.165, 1.54) is 0 Å². The summed E-state index contributed by atoms with van der Waals surface area (Å²) in [5, 5.41) is 2.88. The van der Waals surface area contributed by atoms with Gasteiger partial charge in [0.1, 0.15) is 0 Å². The summed E-state index contributed by atoms with van der Waals surface area (Å²) in [6.07, 6.45) is 1.84. The average molecular weight is 200 g/mol. The first-order chi connectivity index (χ1) is 6.46. The number of hydrogen-bond acceptors (Lipinski definition) is 3. The van der Waals surface area contributed by atoms with Crippen LogP contribution in [0.4, 0.5) is 0 Å². The van der Waals surface area contributed by atoms with Gasteiger partial charge in [-0.1, -0.05) is 0 Å². The molecule has 0 spiro atoms. The first kappa shape index (κ1) is 11.5. The van der Waals surface area contributed by atoms with E-state index in [1.54, 1.807) is 7.11 Å². The smallest absolute Gasteiger partial charge is 0.227 e. The minimum atomic E-state index is -0.305. The number of rotatable bonds is 5. The molecular formula is C10H20N2O2. The predicted molar refractivity (Wildman–Crippen MR) is 54.8 cm³/mol. The van der Waals surface area contributed by atoms with E-state index in [1.807, 2.05) is 13.8 Å². The van der Waals surface area contributed by atoms with E-state index in [0.717, 1.165) is 12.8 Å². The molecule has 0 radical (unpaired) electrons. The van der Waals surface area contributed by atoms with E-state index in [-0.39, 0.29) is 16.9 Å². The Bertz CT molecular complexity index is 222. The highest BCUT2D eigenvalue weighted by Gasteiger charge is 2.48. The average Bonchev–Trinajstić information content (AvgIpc) is 2.95. The number of nitrogens with two attached hydrogens (primary N) is 1. The van der Waals surface area contributed by atoms with E-state index in [9.17, 15) is 4.79 Å². The predicted octanol–water partition coefficient (Wildman–Crippen LogP) is 0.267. The number of carbonyl (C=O) groups is 1. The van der Waals surface area contributed by atoms with Crippen molar-refractivity contribution in [2.75, 3.05) is 20.2 Å². The van der Waals surface area contributed by atoms with Gasteiger partial charge >= 0.3 is 0 Å². The largest absolute Gasteiger partial charge is 0.377 e. The molecule has 3 N–H and O–H groups in total. The van der Waals surface area contributed by atoms with Crippen LogP contribution in [0.15, 0.2) is 0 Å². The molecular weight excluding hydrogens is 180 g/mol. The molecule has 1 aliphatic carbocycles. The van der Waals surface area contributed by atoms with Crippen molar-refractivity contribution in [2.24, 2.45) is 11.1 Å². The van der Waals surface area contributed by atoms with Gasteiger partial charge in [0.15, 0.2) is 0 Å². The van der Waals surface area contributed by atoms with Gasteiger partial charge in [-0.05, 0) is 26.7 Å². The molecule has 0 unspecified atom stereocenters. The number of methoxy groups -OCH3 is 1. The molecule has 4 nitrogen and oxygen atoms in total. The van der Waals surface area contributed by atoms with Crippen molar-refractivity contribution >= 4 is 5.91 Å². The van der Waals surface area contributed by atoms with Crippen LogP contribution in [-0.4, -0.2) is 31.7 Å². The van der Waals surface area contributed by atoms with E-state index >= 15 is 0 Å². The summed E-state index contributed by atoms with van der Waals surface area (Å²) >= 11 is 0. The molecule has 0 heterocycles. The standard InChI is InChI=1S/C10H20N2O2/c1-9(2,14-3)7-12-8(13)10(6-11)4-5-10/h4-7,11H2,1-3H3,(H,12,13). The molecule has 4 heteroatoms. The molecule has 1 fully saturated rings. The Hall–Kier alpha value is -0.610. The van der Waals surface area contributed by atoms with Crippen molar-refractivity contribution in [3.8, 4) is 0 Å². The lowest BCUT2D eigenvalue weighted by Gasteiger charge is -2.24. The van der Waals surface area contributed by atoms with Crippen LogP contribution in [0.5, 0.6) is 0 Å². The fraction of sp³-hybridized carbons (Fsp3) is 0.900. The van der Waals surface area contributed by atoms with E-state index in [0.29, 0.717) is 13.1 Å². The first-order valence-corrected chi connectivity index (χ1v) is 4.99. The van der Waals surface area contributed by atoms with Crippen molar-refractivity contribution in [3.05, 3.63) is 0 Å². The summed E-state index contributed by atoms with van der Waals surface area (Å²) in [6, 6.07) is 0. The van der Waals surface area contributed by atoms with Crippen molar-refractivity contribution < 1.29 is 9.53 Å². The Labute approximate surface area is 85.2 Å². The van der Waals surface area contributed by atoms with Gasteiger partial charge in [0.2, 0.25) is 5.91 Å². The van der Waals surface area contributed by atoms with Gasteiger partial charge in [-0.15, -0.1) is 0 Å². The molecule has 0 bridgehead atoms. The summed E-state index contributed by atoms with van der Waals surface area (Å²) in [4.78, 5) is 11.7. The van der Waals surface area contributed by atoms with E-state index in [2.05, 4.69) is 5.32 Å². The maximum atomic E-state index is 11.7. The van der Waals surface area contributed by atoms with E-state index < -0.39 is 0 Å². The van der Waals surface area contributed by atoms with Gasteiger partial charge in [0.05, 0.1) is 11.0 Å². The molecule has 0 saturated heterocycles. The number of ether oxygens (including phenoxy) is 1. The quantitative estimate of drug-likeness (QED) is 0.669. The maximum absolute atomic E-state index is 11.7. The minimum Gasteiger partial charge on any atom is -0.377 e. The minimum absolute atomic E-state index is 0.0742. The molecule has 1 rings (SSSR count). The Kier molecular flexibility index (Phi) is 3.17. The fourth-order valence-corrected chi connectivity index (χ4v) is 1.23. The monoisotopic (exact) mass is 200 g/mol. The third-order valence-electron chi connectivity index (χ3n) is 2.95. The summed E-state index contributed by atoms with van der Waals surface area (Å²) in [7, 11) is 1.64. The van der Waals surface area contributed by atoms with Gasteiger partial charge in [0, 0.05) is 20.2 Å². The normalized spacial score (nSPS) is 19.1. The second kappa shape index (κ2) is 3.87. The Morgan fingerprint density at radius 1 is 1.57 bits per heavy atom. The third-order valence-corrected chi connectivity index (χ3v) is 2.95. The molecule has 1 aliphatic rings. The molecule has 82 valence electrons. The molecule has 0 atom stereocenters. The fourth-order valence-electron chi connectivity index (χ4n) is 1.23. The van der Waals surface area contributed by atoms with Crippen LogP contribution in [0.1, 0.15) is 26.7 Å². The van der Waals surface area contributed by atoms with E-state index in [4.69, 9.17) is 10.5 Å². The highest BCUT2D eigenvalue weighted by molar-refractivity contribution is 5.85. The van der Waals surface area contributed by atoms with Crippen LogP contribution in [0, 0.1) is 5.41 Å². The number of nitrogens with one attached hydrogen (secondary N) is 1. The van der Waals surface area contributed by atoms with Gasteiger partial charge in [-0.3, -0.25) is 4.79 Å². The SMILES string of the molecule is COC(C)(C)CNC(=O)C1(CN)CC1. The number of hydrogen-bond donors (Lipinski definition) is 2. The number of amides is 1. The van der Waals surface area contributed by atoms with Gasteiger partial charge in [-0.2, -0.15) is 0 Å². The molecule has 0 aromatic heterocycles. The van der Waals surface area contributed by atoms with Gasteiger partial charge in [0.25, 0.3) is 0 Å². The first-order valence-electron chi connectivity index (χ1n) is 4.99. The topological polar surface area (TPSA) is 64.3 Å². The second-order valence-electron chi connectivity index (χ2n) is 4.63. The molecule has 0 aliphatic heterocycles.